The number of thioether (sulfide) groups is 1. The number of ether oxygens (including phenoxy) is 2. The molecule has 0 saturated heterocycles. The van der Waals surface area contributed by atoms with Gasteiger partial charge in [-0.2, -0.15) is 0 Å². The van der Waals surface area contributed by atoms with Gasteiger partial charge in [-0.15, -0.1) is 0 Å². The summed E-state index contributed by atoms with van der Waals surface area (Å²) in [6.07, 6.45) is 1.52. The Kier molecular flexibility index (Phi) is 5.28. The van der Waals surface area contributed by atoms with Crippen LogP contribution in [0.3, 0.4) is 0 Å². The second-order valence-electron chi connectivity index (χ2n) is 6.93. The van der Waals surface area contributed by atoms with Crippen molar-refractivity contribution in [3.05, 3.63) is 76.7 Å². The standard InChI is InChI=1S/C22H16FN3O5S/c23-13-3-1-4-14(7-13)24-20(27)11-32-22-25-17-9-19-18(30-12-31-19)8-16(17)21(28)26(22)10-15-5-2-6-29-15/h1-9H,10-12H2,(H,24,27). The first-order valence-corrected chi connectivity index (χ1v) is 10.6. The number of rotatable bonds is 6. The minimum Gasteiger partial charge on any atom is -0.467 e. The second-order valence-corrected chi connectivity index (χ2v) is 7.88. The molecule has 1 aliphatic heterocycles. The fraction of sp³-hybridized carbons (Fsp3) is 0.136. The van der Waals surface area contributed by atoms with E-state index in [1.165, 1.54) is 29.0 Å². The van der Waals surface area contributed by atoms with E-state index in [-0.39, 0.29) is 30.6 Å². The molecule has 0 atom stereocenters. The fourth-order valence-electron chi connectivity index (χ4n) is 3.29. The van der Waals surface area contributed by atoms with Gasteiger partial charge in [-0.3, -0.25) is 14.2 Å². The van der Waals surface area contributed by atoms with E-state index in [4.69, 9.17) is 13.9 Å². The van der Waals surface area contributed by atoms with E-state index in [9.17, 15) is 14.0 Å². The summed E-state index contributed by atoms with van der Waals surface area (Å²) in [7, 11) is 0. The molecule has 8 nitrogen and oxygen atoms in total. The van der Waals surface area contributed by atoms with Crippen LogP contribution in [0.4, 0.5) is 10.1 Å². The van der Waals surface area contributed by atoms with Gasteiger partial charge in [0.1, 0.15) is 11.6 Å². The second kappa shape index (κ2) is 8.39. The molecule has 0 aliphatic carbocycles. The highest BCUT2D eigenvalue weighted by molar-refractivity contribution is 7.99. The van der Waals surface area contributed by atoms with Crippen LogP contribution in [0.2, 0.25) is 0 Å². The molecule has 0 spiro atoms. The van der Waals surface area contributed by atoms with E-state index in [1.54, 1.807) is 30.3 Å². The summed E-state index contributed by atoms with van der Waals surface area (Å²) in [5.41, 5.74) is 0.489. The third-order valence-electron chi connectivity index (χ3n) is 4.75. The van der Waals surface area contributed by atoms with Crippen LogP contribution in [-0.4, -0.2) is 28.0 Å². The third kappa shape index (κ3) is 4.04. The summed E-state index contributed by atoms with van der Waals surface area (Å²) >= 11 is 1.10. The number of hydrogen-bond acceptors (Lipinski definition) is 7. The lowest BCUT2D eigenvalue weighted by Gasteiger charge is -2.12. The number of furan rings is 1. The van der Waals surface area contributed by atoms with Crippen LogP contribution >= 0.6 is 11.8 Å². The number of carbonyl (C=O) groups excluding carboxylic acids is 1. The van der Waals surface area contributed by atoms with E-state index < -0.39 is 5.82 Å². The summed E-state index contributed by atoms with van der Waals surface area (Å²) in [5.74, 6) is 0.726. The van der Waals surface area contributed by atoms with E-state index in [2.05, 4.69) is 10.3 Å². The molecule has 1 amide bonds. The minimum atomic E-state index is -0.447. The number of anilines is 1. The molecule has 2 aromatic heterocycles. The van der Waals surface area contributed by atoms with Crippen LogP contribution in [0.1, 0.15) is 5.76 Å². The van der Waals surface area contributed by atoms with Crippen LogP contribution in [-0.2, 0) is 11.3 Å². The maximum Gasteiger partial charge on any atom is 0.262 e. The number of benzene rings is 2. The topological polar surface area (TPSA) is 95.6 Å². The maximum atomic E-state index is 13.4. The maximum absolute atomic E-state index is 13.4. The molecule has 1 aliphatic rings. The molecule has 5 rings (SSSR count). The monoisotopic (exact) mass is 453 g/mol. The lowest BCUT2D eigenvalue weighted by molar-refractivity contribution is -0.113. The first kappa shape index (κ1) is 20.1. The molecule has 162 valence electrons. The Hall–Kier alpha value is -3.79. The molecule has 0 unspecified atom stereocenters. The van der Waals surface area contributed by atoms with Crippen LogP contribution in [0.15, 0.2) is 69.2 Å². The van der Waals surface area contributed by atoms with Gasteiger partial charge in [0, 0.05) is 11.8 Å². The van der Waals surface area contributed by atoms with Crippen molar-refractivity contribution in [2.75, 3.05) is 17.9 Å². The number of fused-ring (bicyclic) bond motifs is 2. The molecule has 0 saturated carbocycles. The van der Waals surface area contributed by atoms with Gasteiger partial charge < -0.3 is 19.2 Å². The molecule has 0 fully saturated rings. The van der Waals surface area contributed by atoms with Crippen LogP contribution < -0.4 is 20.3 Å². The summed E-state index contributed by atoms with van der Waals surface area (Å²) < 4.78 is 31.0. The number of carbonyl (C=O) groups is 1. The fourth-order valence-corrected chi connectivity index (χ4v) is 4.09. The van der Waals surface area contributed by atoms with Crippen LogP contribution in [0.5, 0.6) is 11.5 Å². The molecule has 3 heterocycles. The van der Waals surface area contributed by atoms with Crippen LogP contribution in [0.25, 0.3) is 10.9 Å². The Bertz CT molecular complexity index is 1370. The molecule has 0 radical (unpaired) electrons. The molecule has 2 aromatic carbocycles. The number of nitrogens with one attached hydrogen (secondary N) is 1. The highest BCUT2D eigenvalue weighted by Gasteiger charge is 2.20. The number of hydrogen-bond donors (Lipinski definition) is 1. The zero-order valence-electron chi connectivity index (χ0n) is 16.5. The van der Waals surface area contributed by atoms with Gasteiger partial charge in [0.2, 0.25) is 12.7 Å². The van der Waals surface area contributed by atoms with E-state index >= 15 is 0 Å². The lowest BCUT2D eigenvalue weighted by Crippen LogP contribution is -2.24. The number of amides is 1. The van der Waals surface area contributed by atoms with Crippen LogP contribution in [0, 0.1) is 5.82 Å². The molecule has 0 bridgehead atoms. The van der Waals surface area contributed by atoms with Crippen molar-refractivity contribution in [3.8, 4) is 11.5 Å². The zero-order valence-corrected chi connectivity index (χ0v) is 17.4. The Morgan fingerprint density at radius 2 is 2.00 bits per heavy atom. The molecule has 32 heavy (non-hydrogen) atoms. The molecule has 4 aromatic rings. The molecular weight excluding hydrogens is 437 g/mol. The van der Waals surface area contributed by atoms with Gasteiger partial charge in [0.05, 0.1) is 29.5 Å². The van der Waals surface area contributed by atoms with Crippen molar-refractivity contribution in [1.82, 2.24) is 9.55 Å². The lowest BCUT2D eigenvalue weighted by atomic mass is 10.2. The highest BCUT2D eigenvalue weighted by Crippen LogP contribution is 2.35. The molecule has 1 N–H and O–H groups in total. The summed E-state index contributed by atoms with van der Waals surface area (Å²) in [5, 5.41) is 3.34. The first-order valence-electron chi connectivity index (χ1n) is 9.61. The van der Waals surface area contributed by atoms with Gasteiger partial charge in [-0.1, -0.05) is 17.8 Å². The summed E-state index contributed by atoms with van der Waals surface area (Å²) in [6, 6.07) is 12.4. The largest absolute Gasteiger partial charge is 0.467 e. The third-order valence-corrected chi connectivity index (χ3v) is 5.72. The average Bonchev–Trinajstić information content (AvgIpc) is 3.45. The zero-order chi connectivity index (χ0) is 22.1. The van der Waals surface area contributed by atoms with Crippen molar-refractivity contribution in [2.24, 2.45) is 0 Å². The van der Waals surface area contributed by atoms with Gasteiger partial charge in [0.25, 0.3) is 5.56 Å². The van der Waals surface area contributed by atoms with Crippen molar-refractivity contribution in [3.63, 3.8) is 0 Å². The Labute approximate surface area is 185 Å². The van der Waals surface area contributed by atoms with E-state index in [1.807, 2.05) is 0 Å². The SMILES string of the molecule is O=C(CSc1nc2cc3c(cc2c(=O)n1Cc1ccco1)OCO3)Nc1cccc(F)c1. The summed E-state index contributed by atoms with van der Waals surface area (Å²) in [4.78, 5) is 30.3. The smallest absolute Gasteiger partial charge is 0.262 e. The normalized spacial score (nSPS) is 12.3. The number of nitrogens with zero attached hydrogens (tertiary/aromatic N) is 2. The minimum absolute atomic E-state index is 0.0306. The van der Waals surface area contributed by atoms with E-state index in [0.717, 1.165) is 11.8 Å². The Balaban J connectivity index is 1.46. The predicted molar refractivity (Wildman–Crippen MR) is 116 cm³/mol. The predicted octanol–water partition coefficient (Wildman–Crippen LogP) is 3.64. The average molecular weight is 453 g/mol. The van der Waals surface area contributed by atoms with Crippen molar-refractivity contribution in [2.45, 2.75) is 11.7 Å². The summed E-state index contributed by atoms with van der Waals surface area (Å²) in [6.45, 7) is 0.227. The van der Waals surface area contributed by atoms with Crippen molar-refractivity contribution < 1.29 is 23.1 Å². The van der Waals surface area contributed by atoms with Gasteiger partial charge in [0.15, 0.2) is 16.7 Å². The number of aromatic nitrogens is 2. The molecule has 10 heteroatoms. The van der Waals surface area contributed by atoms with Gasteiger partial charge >= 0.3 is 0 Å². The van der Waals surface area contributed by atoms with Crippen molar-refractivity contribution in [1.29, 1.82) is 0 Å². The number of halogens is 1. The van der Waals surface area contributed by atoms with Gasteiger partial charge in [-0.05, 0) is 36.4 Å². The highest BCUT2D eigenvalue weighted by atomic mass is 32.2. The quantitative estimate of drug-likeness (QED) is 0.352. The Morgan fingerprint density at radius 1 is 1.16 bits per heavy atom. The van der Waals surface area contributed by atoms with Crippen molar-refractivity contribution >= 4 is 34.3 Å². The van der Waals surface area contributed by atoms with E-state index in [0.29, 0.717) is 39.0 Å². The van der Waals surface area contributed by atoms with Gasteiger partial charge in [-0.25, -0.2) is 9.37 Å². The Morgan fingerprint density at radius 3 is 2.78 bits per heavy atom. The first-order chi connectivity index (χ1) is 15.6. The molecular formula is C22H16FN3O5S.